The average Bonchev–Trinajstić information content (AvgIpc) is 2.71. The number of pyridine rings is 1. The Morgan fingerprint density at radius 2 is 2.36 bits per heavy atom. The van der Waals surface area contributed by atoms with Crippen molar-refractivity contribution in [3.05, 3.63) is 36.5 Å². The maximum atomic E-state index is 11.1. The summed E-state index contributed by atoms with van der Waals surface area (Å²) in [6, 6.07) is 3.35. The first-order chi connectivity index (χ1) is 6.77. The van der Waals surface area contributed by atoms with Crippen LogP contribution < -0.4 is 0 Å². The van der Waals surface area contributed by atoms with Gasteiger partial charge in [0.15, 0.2) is 11.6 Å². The molecule has 0 spiro atoms. The van der Waals surface area contributed by atoms with Gasteiger partial charge >= 0.3 is 0 Å². The lowest BCUT2D eigenvalue weighted by Gasteiger charge is -2.00. The summed E-state index contributed by atoms with van der Waals surface area (Å²) in [7, 11) is 0. The minimum Gasteiger partial charge on any atom is -0.295 e. The molecule has 5 nitrogen and oxygen atoms in total. The normalized spacial score (nSPS) is 10.1. The second kappa shape index (κ2) is 3.37. The summed E-state index contributed by atoms with van der Waals surface area (Å²) in [5, 5.41) is 3.92. The number of Topliss-reactive ketones (excluding diaryl/α,β-unsaturated/α-hetero) is 1. The van der Waals surface area contributed by atoms with Gasteiger partial charge in [0.25, 0.3) is 0 Å². The van der Waals surface area contributed by atoms with Crippen LogP contribution in [0, 0.1) is 0 Å². The second-order valence-corrected chi connectivity index (χ2v) is 2.80. The molecule has 2 aromatic heterocycles. The zero-order valence-electron chi connectivity index (χ0n) is 7.58. The van der Waals surface area contributed by atoms with Gasteiger partial charge in [-0.05, 0) is 19.1 Å². The number of nitrogens with zero attached hydrogens (tertiary/aromatic N) is 4. The smallest absolute Gasteiger partial charge is 0.159 e. The first-order valence-corrected chi connectivity index (χ1v) is 4.09. The lowest BCUT2D eigenvalue weighted by Crippen LogP contribution is -2.00. The molecule has 0 saturated carbocycles. The van der Waals surface area contributed by atoms with Gasteiger partial charge < -0.3 is 0 Å². The van der Waals surface area contributed by atoms with E-state index in [1.54, 1.807) is 18.3 Å². The number of carbonyl (C=O) groups is 1. The summed E-state index contributed by atoms with van der Waals surface area (Å²) in [6.07, 6.45) is 4.53. The molecule has 14 heavy (non-hydrogen) atoms. The third kappa shape index (κ3) is 1.52. The van der Waals surface area contributed by atoms with E-state index in [2.05, 4.69) is 15.1 Å². The predicted octanol–water partition coefficient (Wildman–Crippen LogP) is 0.865. The van der Waals surface area contributed by atoms with Crippen molar-refractivity contribution in [3.63, 3.8) is 0 Å². The maximum Gasteiger partial charge on any atom is 0.159 e. The first kappa shape index (κ1) is 8.55. The fraction of sp³-hybridized carbons (Fsp3) is 0.111. The Labute approximate surface area is 80.4 Å². The van der Waals surface area contributed by atoms with Gasteiger partial charge in [0.1, 0.15) is 12.7 Å². The molecule has 0 saturated heterocycles. The Morgan fingerprint density at radius 1 is 1.50 bits per heavy atom. The van der Waals surface area contributed by atoms with E-state index in [4.69, 9.17) is 0 Å². The number of hydrogen-bond donors (Lipinski definition) is 0. The second-order valence-electron chi connectivity index (χ2n) is 2.80. The van der Waals surface area contributed by atoms with Gasteiger partial charge in [0.05, 0.1) is 0 Å². The molecule has 0 unspecified atom stereocenters. The highest BCUT2D eigenvalue weighted by atomic mass is 16.1. The van der Waals surface area contributed by atoms with Crippen molar-refractivity contribution in [1.29, 1.82) is 0 Å². The molecule has 0 aliphatic carbocycles. The van der Waals surface area contributed by atoms with E-state index in [1.165, 1.54) is 24.3 Å². The van der Waals surface area contributed by atoms with Crippen LogP contribution in [0.3, 0.4) is 0 Å². The minimum atomic E-state index is 0.00812. The summed E-state index contributed by atoms with van der Waals surface area (Å²) in [6.45, 7) is 1.51. The zero-order valence-corrected chi connectivity index (χ0v) is 7.58. The van der Waals surface area contributed by atoms with Gasteiger partial charge in [-0.15, -0.1) is 0 Å². The highest BCUT2D eigenvalue weighted by Gasteiger charge is 2.02. The van der Waals surface area contributed by atoms with Crippen molar-refractivity contribution < 1.29 is 4.79 Å². The molecule has 0 aromatic carbocycles. The van der Waals surface area contributed by atoms with Gasteiger partial charge in [-0.2, -0.15) is 5.10 Å². The summed E-state index contributed by atoms with van der Waals surface area (Å²) in [5.74, 6) is 0.601. The van der Waals surface area contributed by atoms with Crippen LogP contribution in [0.25, 0.3) is 5.82 Å². The van der Waals surface area contributed by atoms with Gasteiger partial charge in [0.2, 0.25) is 0 Å². The van der Waals surface area contributed by atoms with Crippen molar-refractivity contribution in [3.8, 4) is 5.82 Å². The minimum absolute atomic E-state index is 0.00812. The Balaban J connectivity index is 2.46. The van der Waals surface area contributed by atoms with Crippen molar-refractivity contribution in [2.24, 2.45) is 0 Å². The topological polar surface area (TPSA) is 60.7 Å². The monoisotopic (exact) mass is 188 g/mol. The molecule has 0 fully saturated rings. The van der Waals surface area contributed by atoms with Crippen molar-refractivity contribution in [2.75, 3.05) is 0 Å². The van der Waals surface area contributed by atoms with Crippen molar-refractivity contribution >= 4 is 5.78 Å². The van der Waals surface area contributed by atoms with Crippen LogP contribution in [0.4, 0.5) is 0 Å². The molecular weight excluding hydrogens is 180 g/mol. The molecule has 0 aliphatic heterocycles. The fourth-order valence-electron chi connectivity index (χ4n) is 1.09. The van der Waals surface area contributed by atoms with E-state index in [-0.39, 0.29) is 5.78 Å². The molecule has 2 heterocycles. The lowest BCUT2D eigenvalue weighted by molar-refractivity contribution is 0.101. The molecule has 0 amide bonds. The Hall–Kier alpha value is -2.04. The lowest BCUT2D eigenvalue weighted by atomic mass is 10.2. The van der Waals surface area contributed by atoms with Gasteiger partial charge in [0, 0.05) is 11.8 Å². The highest BCUT2D eigenvalue weighted by Crippen LogP contribution is 2.05. The Bertz CT molecular complexity index is 450. The SMILES string of the molecule is CC(=O)c1ccnc(-n2cncn2)c1. The highest BCUT2D eigenvalue weighted by molar-refractivity contribution is 5.94. The van der Waals surface area contributed by atoms with Crippen LogP contribution in [-0.4, -0.2) is 25.5 Å². The van der Waals surface area contributed by atoms with E-state index in [0.717, 1.165) is 0 Å². The predicted molar refractivity (Wildman–Crippen MR) is 49.2 cm³/mol. The molecule has 70 valence electrons. The van der Waals surface area contributed by atoms with Crippen LogP contribution in [0.1, 0.15) is 17.3 Å². The standard InChI is InChI=1S/C9H8N4O/c1-7(14)8-2-3-11-9(4-8)13-6-10-5-12-13/h2-6H,1H3. The van der Waals surface area contributed by atoms with Crippen LogP contribution in [0.2, 0.25) is 0 Å². The molecule has 0 aliphatic rings. The number of ketones is 1. The van der Waals surface area contributed by atoms with E-state index in [0.29, 0.717) is 11.4 Å². The number of hydrogen-bond acceptors (Lipinski definition) is 4. The zero-order chi connectivity index (χ0) is 9.97. The third-order valence-electron chi connectivity index (χ3n) is 1.81. The van der Waals surface area contributed by atoms with Crippen LogP contribution in [0.5, 0.6) is 0 Å². The maximum absolute atomic E-state index is 11.1. The fourth-order valence-corrected chi connectivity index (χ4v) is 1.09. The molecule has 2 aromatic rings. The van der Waals surface area contributed by atoms with Crippen molar-refractivity contribution in [1.82, 2.24) is 19.7 Å². The molecule has 0 atom stereocenters. The Kier molecular flexibility index (Phi) is 2.06. The van der Waals surface area contributed by atoms with Crippen molar-refractivity contribution in [2.45, 2.75) is 6.92 Å². The summed E-state index contributed by atoms with van der Waals surface area (Å²) in [4.78, 5) is 19.0. The number of rotatable bonds is 2. The quantitative estimate of drug-likeness (QED) is 0.656. The van der Waals surface area contributed by atoms with E-state index in [9.17, 15) is 4.79 Å². The molecule has 0 N–H and O–H groups in total. The van der Waals surface area contributed by atoms with E-state index >= 15 is 0 Å². The molecular formula is C9H8N4O. The van der Waals surface area contributed by atoms with E-state index in [1.807, 2.05) is 0 Å². The third-order valence-corrected chi connectivity index (χ3v) is 1.81. The van der Waals surface area contributed by atoms with Gasteiger partial charge in [-0.1, -0.05) is 0 Å². The number of carbonyl (C=O) groups excluding carboxylic acids is 1. The van der Waals surface area contributed by atoms with Gasteiger partial charge in [-0.3, -0.25) is 4.79 Å². The summed E-state index contributed by atoms with van der Waals surface area (Å²) >= 11 is 0. The molecule has 0 radical (unpaired) electrons. The van der Waals surface area contributed by atoms with E-state index < -0.39 is 0 Å². The first-order valence-electron chi connectivity index (χ1n) is 4.09. The van der Waals surface area contributed by atoms with Crippen LogP contribution in [0.15, 0.2) is 31.0 Å². The van der Waals surface area contributed by atoms with Crippen LogP contribution in [-0.2, 0) is 0 Å². The number of aromatic nitrogens is 4. The summed E-state index contributed by atoms with van der Waals surface area (Å²) < 4.78 is 1.51. The largest absolute Gasteiger partial charge is 0.295 e. The molecule has 0 bridgehead atoms. The average molecular weight is 188 g/mol. The Morgan fingerprint density at radius 3 is 3.00 bits per heavy atom. The molecule has 2 rings (SSSR count). The summed E-state index contributed by atoms with van der Waals surface area (Å²) in [5.41, 5.74) is 0.616. The molecule has 5 heteroatoms. The van der Waals surface area contributed by atoms with Gasteiger partial charge in [-0.25, -0.2) is 14.6 Å². The van der Waals surface area contributed by atoms with Crippen LogP contribution >= 0.6 is 0 Å².